The van der Waals surface area contributed by atoms with E-state index in [1.54, 1.807) is 35.6 Å². The summed E-state index contributed by atoms with van der Waals surface area (Å²) in [6.07, 6.45) is 0. The van der Waals surface area contributed by atoms with Gasteiger partial charge in [0.05, 0.1) is 5.69 Å². The van der Waals surface area contributed by atoms with Crippen molar-refractivity contribution >= 4 is 39.7 Å². The maximum atomic E-state index is 12.3. The number of nitrogens with one attached hydrogen (secondary N) is 2. The average Bonchev–Trinajstić information content (AvgIpc) is 3.05. The second-order valence-corrected chi connectivity index (χ2v) is 6.40. The number of anilines is 2. The molecule has 0 aliphatic carbocycles. The van der Waals surface area contributed by atoms with Crippen LogP contribution < -0.4 is 10.6 Å². The lowest BCUT2D eigenvalue weighted by atomic mass is 10.1. The minimum atomic E-state index is -0.171. The van der Waals surface area contributed by atoms with Crippen molar-refractivity contribution in [1.82, 2.24) is 4.98 Å². The van der Waals surface area contributed by atoms with Gasteiger partial charge in [-0.1, -0.05) is 23.7 Å². The molecule has 0 fully saturated rings. The normalized spacial score (nSPS) is 10.4. The van der Waals surface area contributed by atoms with Crippen LogP contribution in [0.1, 0.15) is 17.3 Å². The SMILES string of the molecule is CCNc1nc(-c2cccc(NC(=O)c3ccc(Cl)cc3)c2)cs1. The smallest absolute Gasteiger partial charge is 0.255 e. The van der Waals surface area contributed by atoms with Gasteiger partial charge in [-0.05, 0) is 43.3 Å². The lowest BCUT2D eigenvalue weighted by Crippen LogP contribution is -2.11. The number of thiazole rings is 1. The summed E-state index contributed by atoms with van der Waals surface area (Å²) in [6.45, 7) is 2.87. The Morgan fingerprint density at radius 1 is 1.21 bits per heavy atom. The van der Waals surface area contributed by atoms with E-state index in [1.165, 1.54) is 0 Å². The van der Waals surface area contributed by atoms with Gasteiger partial charge in [-0.15, -0.1) is 11.3 Å². The molecule has 6 heteroatoms. The number of hydrogen-bond donors (Lipinski definition) is 2. The number of amides is 1. The minimum Gasteiger partial charge on any atom is -0.362 e. The molecule has 0 aliphatic rings. The molecule has 1 heterocycles. The van der Waals surface area contributed by atoms with Crippen LogP contribution in [-0.4, -0.2) is 17.4 Å². The first kappa shape index (κ1) is 16.5. The predicted octanol–water partition coefficient (Wildman–Crippen LogP) is 5.15. The molecule has 0 saturated carbocycles. The van der Waals surface area contributed by atoms with Gasteiger partial charge in [0.15, 0.2) is 5.13 Å². The fourth-order valence-corrected chi connectivity index (χ4v) is 3.12. The van der Waals surface area contributed by atoms with E-state index in [9.17, 15) is 4.79 Å². The monoisotopic (exact) mass is 357 g/mol. The first-order valence-corrected chi connectivity index (χ1v) is 8.78. The topological polar surface area (TPSA) is 54.0 Å². The van der Waals surface area contributed by atoms with Crippen molar-refractivity contribution in [2.24, 2.45) is 0 Å². The Balaban J connectivity index is 1.77. The van der Waals surface area contributed by atoms with Crippen LogP contribution in [0.25, 0.3) is 11.3 Å². The summed E-state index contributed by atoms with van der Waals surface area (Å²) in [6, 6.07) is 14.4. The van der Waals surface area contributed by atoms with Crippen LogP contribution in [0.4, 0.5) is 10.8 Å². The molecular weight excluding hydrogens is 342 g/mol. The van der Waals surface area contributed by atoms with Gasteiger partial charge in [0.25, 0.3) is 5.91 Å². The highest BCUT2D eigenvalue weighted by atomic mass is 35.5. The number of carbonyl (C=O) groups is 1. The largest absolute Gasteiger partial charge is 0.362 e. The van der Waals surface area contributed by atoms with Gasteiger partial charge in [-0.3, -0.25) is 4.79 Å². The number of aromatic nitrogens is 1. The van der Waals surface area contributed by atoms with Crippen molar-refractivity contribution in [3.05, 3.63) is 64.5 Å². The van der Waals surface area contributed by atoms with Crippen molar-refractivity contribution in [3.63, 3.8) is 0 Å². The second-order valence-electron chi connectivity index (χ2n) is 5.11. The number of halogens is 1. The van der Waals surface area contributed by atoms with E-state index in [4.69, 9.17) is 11.6 Å². The number of hydrogen-bond acceptors (Lipinski definition) is 4. The van der Waals surface area contributed by atoms with Gasteiger partial charge >= 0.3 is 0 Å². The summed E-state index contributed by atoms with van der Waals surface area (Å²) >= 11 is 7.41. The maximum Gasteiger partial charge on any atom is 0.255 e. The van der Waals surface area contributed by atoms with E-state index in [-0.39, 0.29) is 5.91 Å². The van der Waals surface area contributed by atoms with E-state index in [0.29, 0.717) is 10.6 Å². The molecule has 3 aromatic rings. The van der Waals surface area contributed by atoms with E-state index < -0.39 is 0 Å². The van der Waals surface area contributed by atoms with Crippen molar-refractivity contribution in [1.29, 1.82) is 0 Å². The Morgan fingerprint density at radius 2 is 2.00 bits per heavy atom. The van der Waals surface area contributed by atoms with E-state index in [2.05, 4.69) is 15.6 Å². The molecule has 0 bridgehead atoms. The molecule has 24 heavy (non-hydrogen) atoms. The fourth-order valence-electron chi connectivity index (χ4n) is 2.20. The van der Waals surface area contributed by atoms with Crippen LogP contribution in [-0.2, 0) is 0 Å². The molecule has 0 saturated heterocycles. The molecule has 3 rings (SSSR count). The number of nitrogens with zero attached hydrogens (tertiary/aromatic N) is 1. The van der Waals surface area contributed by atoms with E-state index in [1.807, 2.05) is 36.6 Å². The van der Waals surface area contributed by atoms with Gasteiger partial charge in [0.2, 0.25) is 0 Å². The third-order valence-electron chi connectivity index (χ3n) is 3.35. The quantitative estimate of drug-likeness (QED) is 0.664. The lowest BCUT2D eigenvalue weighted by molar-refractivity contribution is 0.102. The van der Waals surface area contributed by atoms with Gasteiger partial charge in [0.1, 0.15) is 0 Å². The molecule has 2 aromatic carbocycles. The standard InChI is InChI=1S/C18H16ClN3OS/c1-2-20-18-22-16(11-24-18)13-4-3-5-15(10-13)21-17(23)12-6-8-14(19)9-7-12/h3-11H,2H2,1H3,(H,20,22)(H,21,23). The Bertz CT molecular complexity index is 845. The molecule has 0 aliphatic heterocycles. The zero-order chi connectivity index (χ0) is 16.9. The fraction of sp³-hybridized carbons (Fsp3) is 0.111. The highest BCUT2D eigenvalue weighted by molar-refractivity contribution is 7.14. The molecular formula is C18H16ClN3OS. The van der Waals surface area contributed by atoms with Crippen LogP contribution in [0.2, 0.25) is 5.02 Å². The molecule has 0 atom stereocenters. The second kappa shape index (κ2) is 7.47. The number of benzene rings is 2. The zero-order valence-electron chi connectivity index (χ0n) is 13.0. The van der Waals surface area contributed by atoms with Gasteiger partial charge < -0.3 is 10.6 Å². The Labute approximate surface area is 149 Å². The maximum absolute atomic E-state index is 12.3. The Morgan fingerprint density at radius 3 is 2.75 bits per heavy atom. The van der Waals surface area contributed by atoms with E-state index in [0.717, 1.165) is 28.6 Å². The third kappa shape index (κ3) is 3.93. The van der Waals surface area contributed by atoms with Crippen molar-refractivity contribution in [3.8, 4) is 11.3 Å². The summed E-state index contributed by atoms with van der Waals surface area (Å²) in [5.41, 5.74) is 3.14. The van der Waals surface area contributed by atoms with Crippen LogP contribution in [0.15, 0.2) is 53.9 Å². The van der Waals surface area contributed by atoms with Gasteiger partial charge in [0, 0.05) is 33.8 Å². The van der Waals surface area contributed by atoms with Crippen molar-refractivity contribution < 1.29 is 4.79 Å². The summed E-state index contributed by atoms with van der Waals surface area (Å²) in [7, 11) is 0. The molecule has 0 radical (unpaired) electrons. The number of carbonyl (C=O) groups excluding carboxylic acids is 1. The molecule has 0 spiro atoms. The van der Waals surface area contributed by atoms with Crippen LogP contribution in [0.5, 0.6) is 0 Å². The Hall–Kier alpha value is -2.37. The van der Waals surface area contributed by atoms with E-state index >= 15 is 0 Å². The van der Waals surface area contributed by atoms with Crippen molar-refractivity contribution in [2.45, 2.75) is 6.92 Å². The summed E-state index contributed by atoms with van der Waals surface area (Å²) < 4.78 is 0. The zero-order valence-corrected chi connectivity index (χ0v) is 14.6. The van der Waals surface area contributed by atoms with Crippen molar-refractivity contribution in [2.75, 3.05) is 17.2 Å². The summed E-state index contributed by atoms with van der Waals surface area (Å²) in [5, 5.41) is 9.59. The Kier molecular flexibility index (Phi) is 5.13. The molecule has 0 unspecified atom stereocenters. The highest BCUT2D eigenvalue weighted by Gasteiger charge is 2.08. The minimum absolute atomic E-state index is 0.171. The first-order valence-electron chi connectivity index (χ1n) is 7.52. The van der Waals surface area contributed by atoms with Gasteiger partial charge in [-0.25, -0.2) is 4.98 Å². The molecule has 1 aromatic heterocycles. The van der Waals surface area contributed by atoms with Crippen LogP contribution in [0.3, 0.4) is 0 Å². The number of rotatable bonds is 5. The summed E-state index contributed by atoms with van der Waals surface area (Å²) in [5.74, 6) is -0.171. The summed E-state index contributed by atoms with van der Waals surface area (Å²) in [4.78, 5) is 16.8. The van der Waals surface area contributed by atoms with Gasteiger partial charge in [-0.2, -0.15) is 0 Å². The average molecular weight is 358 g/mol. The first-order chi connectivity index (χ1) is 11.7. The lowest BCUT2D eigenvalue weighted by Gasteiger charge is -2.07. The molecule has 2 N–H and O–H groups in total. The molecule has 4 nitrogen and oxygen atoms in total. The molecule has 1 amide bonds. The predicted molar refractivity (Wildman–Crippen MR) is 101 cm³/mol. The third-order valence-corrected chi connectivity index (χ3v) is 4.41. The molecule has 122 valence electrons. The highest BCUT2D eigenvalue weighted by Crippen LogP contribution is 2.27. The van der Waals surface area contributed by atoms with Crippen LogP contribution >= 0.6 is 22.9 Å². The van der Waals surface area contributed by atoms with Crippen LogP contribution in [0, 0.1) is 0 Å².